The van der Waals surface area contributed by atoms with Crippen LogP contribution in [0.1, 0.15) is 99.9 Å². The molecule has 3 aliphatic rings. The van der Waals surface area contributed by atoms with Crippen molar-refractivity contribution < 1.29 is 0 Å². The Bertz CT molecular complexity index is 3270. The average molecular weight is 933 g/mol. The summed E-state index contributed by atoms with van der Waals surface area (Å²) in [6.45, 7) is 8.41. The van der Waals surface area contributed by atoms with Crippen LogP contribution in [0.4, 0.5) is 0 Å². The van der Waals surface area contributed by atoms with Gasteiger partial charge < -0.3 is 0 Å². The van der Waals surface area contributed by atoms with Gasteiger partial charge in [-0.15, -0.1) is 0 Å². The number of fused-ring (bicyclic) bond motifs is 8. The normalized spacial score (nSPS) is 16.6. The van der Waals surface area contributed by atoms with Crippen molar-refractivity contribution in [3.05, 3.63) is 285 Å². The maximum absolute atomic E-state index is 3.53. The molecule has 0 aliphatic heterocycles. The summed E-state index contributed by atoms with van der Waals surface area (Å²) in [5.74, 6) is 0.365. The lowest BCUT2D eigenvalue weighted by Gasteiger charge is -2.36. The van der Waals surface area contributed by atoms with E-state index in [1.807, 2.05) is 26.4 Å². The van der Waals surface area contributed by atoms with E-state index in [1.54, 1.807) is 18.0 Å². The van der Waals surface area contributed by atoms with E-state index < -0.39 is 0 Å². The number of aryl methyl sites for hydroxylation is 2. The predicted molar refractivity (Wildman–Crippen MR) is 305 cm³/mol. The number of hydrogen-bond acceptors (Lipinski definition) is 2. The highest BCUT2D eigenvalue weighted by atomic mass is 32.2. The minimum Gasteiger partial charge on any atom is -0.183 e. The topological polar surface area (TPSA) is 0 Å². The predicted octanol–water partition coefficient (Wildman–Crippen LogP) is 17.7. The summed E-state index contributed by atoms with van der Waals surface area (Å²) in [5, 5.41) is 5.14. The summed E-state index contributed by atoms with van der Waals surface area (Å²) in [6.07, 6.45) is 15.8. The van der Waals surface area contributed by atoms with Crippen LogP contribution in [-0.4, -0.2) is 18.8 Å². The van der Waals surface area contributed by atoms with Crippen LogP contribution >= 0.6 is 24.4 Å². The van der Waals surface area contributed by atoms with Crippen molar-refractivity contribution in [3.63, 3.8) is 0 Å². The second-order valence-corrected chi connectivity index (χ2v) is 19.1. The first-order chi connectivity index (χ1) is 34.0. The first-order valence-corrected chi connectivity index (χ1v) is 27.2. The number of benzene rings is 9. The molecule has 9 aromatic rings. The third-order valence-electron chi connectivity index (χ3n) is 14.6. The number of hydrogen-bond donors (Lipinski definition) is 1. The largest absolute Gasteiger partial charge is 0.183 e. The van der Waals surface area contributed by atoms with E-state index in [0.29, 0.717) is 5.92 Å². The van der Waals surface area contributed by atoms with Crippen LogP contribution in [0.5, 0.6) is 0 Å². The Hall–Kier alpha value is -6.32. The molecule has 0 fully saturated rings. The third kappa shape index (κ3) is 8.20. The molecule has 0 spiro atoms. The number of rotatable bonds is 7. The molecule has 0 aromatic heterocycles. The molecule has 0 bridgehead atoms. The number of thioether (sulfide) groups is 1. The van der Waals surface area contributed by atoms with Gasteiger partial charge in [-0.3, -0.25) is 0 Å². The van der Waals surface area contributed by atoms with Gasteiger partial charge in [-0.25, -0.2) is 0 Å². The van der Waals surface area contributed by atoms with Gasteiger partial charge in [-0.05, 0) is 157 Å². The van der Waals surface area contributed by atoms with E-state index in [0.717, 1.165) is 19.3 Å². The van der Waals surface area contributed by atoms with Crippen LogP contribution in [0.25, 0.3) is 32.7 Å². The summed E-state index contributed by atoms with van der Waals surface area (Å²) in [6, 6.07) is 74.5. The molecule has 0 N–H and O–H groups in total. The Morgan fingerprint density at radius 2 is 0.957 bits per heavy atom. The molecule has 0 radical (unpaired) electrons. The Balaban J connectivity index is 0.000000808. The van der Waals surface area contributed by atoms with Crippen molar-refractivity contribution in [1.82, 2.24) is 0 Å². The molecule has 2 heteroatoms. The van der Waals surface area contributed by atoms with E-state index in [9.17, 15) is 0 Å². The molecule has 0 nitrogen and oxygen atoms in total. The van der Waals surface area contributed by atoms with Gasteiger partial charge in [0.15, 0.2) is 0 Å². The second-order valence-electron chi connectivity index (χ2n) is 18.3. The molecule has 3 aliphatic carbocycles. The highest BCUT2D eigenvalue weighted by molar-refractivity contribution is 7.97. The average Bonchev–Trinajstić information content (AvgIpc) is 3.89. The van der Waals surface area contributed by atoms with Crippen molar-refractivity contribution in [1.29, 1.82) is 0 Å². The Kier molecular flexibility index (Phi) is 14.3. The third-order valence-corrected chi connectivity index (χ3v) is 14.6. The van der Waals surface area contributed by atoms with Crippen molar-refractivity contribution in [2.24, 2.45) is 0 Å². The zero-order valence-electron chi connectivity index (χ0n) is 41.3. The monoisotopic (exact) mass is 932 g/mol. The molecule has 2 unspecified atom stereocenters. The zero-order chi connectivity index (χ0) is 48.1. The Labute approximate surface area is 421 Å². The molecular weight excluding hydrogens is 869 g/mol. The summed E-state index contributed by atoms with van der Waals surface area (Å²) in [7, 11) is 0. The molecule has 0 saturated carbocycles. The van der Waals surface area contributed by atoms with Gasteiger partial charge in [0.05, 0.1) is 10.8 Å². The van der Waals surface area contributed by atoms with Crippen molar-refractivity contribution >= 4 is 45.9 Å². The van der Waals surface area contributed by atoms with Gasteiger partial charge in [0, 0.05) is 5.92 Å². The van der Waals surface area contributed by atoms with Crippen LogP contribution in [-0.2, 0) is 23.7 Å². The summed E-state index contributed by atoms with van der Waals surface area (Å²) >= 11 is 5.28. The van der Waals surface area contributed by atoms with Crippen LogP contribution in [0.15, 0.2) is 218 Å². The van der Waals surface area contributed by atoms with Gasteiger partial charge in [0.2, 0.25) is 0 Å². The molecular formula is C67H64S2. The van der Waals surface area contributed by atoms with Crippen molar-refractivity contribution in [2.45, 2.75) is 63.7 Å². The summed E-state index contributed by atoms with van der Waals surface area (Å²) in [5.41, 5.74) is 19.6. The van der Waals surface area contributed by atoms with E-state index in [2.05, 4.69) is 239 Å². The lowest BCUT2D eigenvalue weighted by molar-refractivity contribution is 0.695. The van der Waals surface area contributed by atoms with Gasteiger partial charge in [0.25, 0.3) is 0 Å². The van der Waals surface area contributed by atoms with E-state index in [1.165, 1.54) is 105 Å². The van der Waals surface area contributed by atoms with Gasteiger partial charge in [0.1, 0.15) is 0 Å². The smallest absolute Gasteiger partial charge is 0.0713 e. The quantitative estimate of drug-likeness (QED) is 0.155. The lowest BCUT2D eigenvalue weighted by Crippen LogP contribution is -2.29. The van der Waals surface area contributed by atoms with Gasteiger partial charge >= 0.3 is 0 Å². The first-order valence-electron chi connectivity index (χ1n) is 24.7. The van der Waals surface area contributed by atoms with Crippen LogP contribution in [0.3, 0.4) is 0 Å². The van der Waals surface area contributed by atoms with E-state index >= 15 is 0 Å². The Morgan fingerprint density at radius 3 is 1.55 bits per heavy atom. The van der Waals surface area contributed by atoms with Gasteiger partial charge in [-0.1, -0.05) is 227 Å². The molecule has 9 aromatic carbocycles. The SMILES string of the molecule is CC.CCc1ccc(C2(c3ccc(Cc4ccc5cc(C6(c7ccc8cc(C)ccc8c7)C7=CC=CCC7c7ccccc76)ccc5c4)cc3)c3ccccc3-c3ccccc32)cc1.CS.CSC. The fourth-order valence-electron chi connectivity index (χ4n) is 11.8. The van der Waals surface area contributed by atoms with Crippen LogP contribution in [0.2, 0.25) is 0 Å². The summed E-state index contributed by atoms with van der Waals surface area (Å²) < 4.78 is 0. The lowest BCUT2D eigenvalue weighted by atomic mass is 9.65. The van der Waals surface area contributed by atoms with Crippen molar-refractivity contribution in [3.8, 4) is 11.1 Å². The first kappa shape index (κ1) is 47.7. The van der Waals surface area contributed by atoms with E-state index in [4.69, 9.17) is 0 Å². The standard InChI is InChI=1S/C62H48.C2H6S.C2H6.CH4S/c1-3-42-22-30-49(31-23-42)61(57-16-8-4-12-53(57)54-13-5-9-17-58(54)61)50-32-24-43(25-33-50)37-44-21-27-48-40-52(35-29-46(48)38-44)62(51-34-28-45-36-41(2)20-26-47(45)39-51)59-18-10-6-14-55(59)56-15-7-11-19-60(56)62;1-3-2;2*1-2/h4-14,16-36,38-40,56H,3,15,37H2,1-2H3;1-2H3;1-2H3;2H,1H3. The zero-order valence-corrected chi connectivity index (χ0v) is 43.0. The fourth-order valence-corrected chi connectivity index (χ4v) is 11.8. The van der Waals surface area contributed by atoms with Gasteiger partial charge in [-0.2, -0.15) is 24.4 Å². The summed E-state index contributed by atoms with van der Waals surface area (Å²) in [4.78, 5) is 0. The Morgan fingerprint density at radius 1 is 0.493 bits per heavy atom. The minimum atomic E-state index is -0.383. The number of allylic oxidation sites excluding steroid dienone is 4. The molecule has 344 valence electrons. The van der Waals surface area contributed by atoms with Crippen molar-refractivity contribution in [2.75, 3.05) is 18.8 Å². The highest BCUT2D eigenvalue weighted by Gasteiger charge is 2.50. The maximum atomic E-state index is 3.53. The second kappa shape index (κ2) is 20.7. The number of thiol groups is 1. The molecule has 0 amide bonds. The molecule has 2 atom stereocenters. The highest BCUT2D eigenvalue weighted by Crippen LogP contribution is 2.60. The molecule has 0 heterocycles. The van der Waals surface area contributed by atoms with Crippen LogP contribution < -0.4 is 0 Å². The fraction of sp³-hybridized carbons (Fsp3) is 0.194. The van der Waals surface area contributed by atoms with Crippen LogP contribution in [0, 0.1) is 6.92 Å². The molecule has 0 saturated heterocycles. The molecule has 12 rings (SSSR count). The maximum Gasteiger partial charge on any atom is 0.0713 e. The molecule has 69 heavy (non-hydrogen) atoms. The van der Waals surface area contributed by atoms with E-state index in [-0.39, 0.29) is 10.8 Å². The minimum absolute atomic E-state index is 0.365.